The van der Waals surface area contributed by atoms with Crippen LogP contribution < -0.4 is 5.32 Å². The van der Waals surface area contributed by atoms with Crippen molar-refractivity contribution in [1.29, 1.82) is 0 Å². The van der Waals surface area contributed by atoms with E-state index in [1.165, 1.54) is 12.1 Å². The highest BCUT2D eigenvalue weighted by molar-refractivity contribution is 7.98. The van der Waals surface area contributed by atoms with E-state index in [0.29, 0.717) is 0 Å². The van der Waals surface area contributed by atoms with Crippen molar-refractivity contribution in [2.24, 2.45) is 0 Å². The Labute approximate surface area is 115 Å². The fourth-order valence-electron chi connectivity index (χ4n) is 1.31. The highest BCUT2D eigenvalue weighted by atomic mass is 35.5. The van der Waals surface area contributed by atoms with Gasteiger partial charge in [0.25, 0.3) is 5.91 Å². The summed E-state index contributed by atoms with van der Waals surface area (Å²) in [5.74, 6) is -1.21. The smallest absolute Gasteiger partial charge is 0.254 e. The van der Waals surface area contributed by atoms with Gasteiger partial charge in [0.05, 0.1) is 27.6 Å². The number of aliphatic hydroxyl groups is 1. The summed E-state index contributed by atoms with van der Waals surface area (Å²) in [7, 11) is 0. The quantitative estimate of drug-likeness (QED) is 0.839. The van der Waals surface area contributed by atoms with Crippen LogP contribution in [0.3, 0.4) is 0 Å². The molecule has 18 heavy (non-hydrogen) atoms. The maximum Gasteiger partial charge on any atom is 0.254 e. The first-order valence-corrected chi connectivity index (χ1v) is 6.88. The van der Waals surface area contributed by atoms with Gasteiger partial charge in [-0.05, 0) is 32.2 Å². The lowest BCUT2D eigenvalue weighted by molar-refractivity contribution is 0.0864. The molecule has 0 fully saturated rings. The summed E-state index contributed by atoms with van der Waals surface area (Å²) in [5.41, 5.74) is -0.881. The van der Waals surface area contributed by atoms with Crippen LogP contribution >= 0.6 is 23.4 Å². The van der Waals surface area contributed by atoms with E-state index in [-0.39, 0.29) is 22.1 Å². The Morgan fingerprint density at radius 3 is 2.67 bits per heavy atom. The average molecular weight is 292 g/mol. The SMILES string of the molecule is CSc1c(Cl)ccc(C(=O)NC(C)(C)CO)c1F. The molecule has 0 saturated heterocycles. The molecule has 1 rings (SSSR count). The van der Waals surface area contributed by atoms with Gasteiger partial charge in [-0.3, -0.25) is 4.79 Å². The highest BCUT2D eigenvalue weighted by Crippen LogP contribution is 2.30. The summed E-state index contributed by atoms with van der Waals surface area (Å²) >= 11 is 6.98. The minimum atomic E-state index is -0.803. The molecule has 100 valence electrons. The van der Waals surface area contributed by atoms with Crippen LogP contribution in [0.2, 0.25) is 5.02 Å². The molecule has 1 aromatic carbocycles. The van der Waals surface area contributed by atoms with Gasteiger partial charge in [0.1, 0.15) is 0 Å². The molecule has 0 heterocycles. The predicted molar refractivity (Wildman–Crippen MR) is 71.8 cm³/mol. The molecule has 3 nitrogen and oxygen atoms in total. The van der Waals surface area contributed by atoms with E-state index in [1.807, 2.05) is 0 Å². The van der Waals surface area contributed by atoms with Gasteiger partial charge >= 0.3 is 0 Å². The summed E-state index contributed by atoms with van der Waals surface area (Å²) < 4.78 is 14.0. The number of nitrogens with one attached hydrogen (secondary N) is 1. The Morgan fingerprint density at radius 1 is 1.56 bits per heavy atom. The van der Waals surface area contributed by atoms with Crippen molar-refractivity contribution in [3.05, 3.63) is 28.5 Å². The van der Waals surface area contributed by atoms with Crippen molar-refractivity contribution in [3.63, 3.8) is 0 Å². The lowest BCUT2D eigenvalue weighted by Gasteiger charge is -2.23. The Bertz CT molecular complexity index is 466. The maximum absolute atomic E-state index is 14.0. The number of amides is 1. The molecular formula is C12H15ClFNO2S. The summed E-state index contributed by atoms with van der Waals surface area (Å²) in [6.45, 7) is 3.06. The first-order chi connectivity index (χ1) is 8.32. The molecule has 6 heteroatoms. The van der Waals surface area contributed by atoms with Crippen molar-refractivity contribution in [1.82, 2.24) is 5.32 Å². The van der Waals surface area contributed by atoms with Crippen LogP contribution in [0.5, 0.6) is 0 Å². The second-order valence-corrected chi connectivity index (χ2v) is 5.66. The molecule has 0 unspecified atom stereocenters. The second kappa shape index (κ2) is 5.91. The van der Waals surface area contributed by atoms with Crippen LogP contribution in [0.15, 0.2) is 17.0 Å². The molecule has 0 atom stereocenters. The Hall–Kier alpha value is -0.780. The van der Waals surface area contributed by atoms with Gasteiger partial charge in [-0.2, -0.15) is 0 Å². The van der Waals surface area contributed by atoms with Crippen LogP contribution in [-0.4, -0.2) is 29.4 Å². The number of thioether (sulfide) groups is 1. The third-order valence-corrected chi connectivity index (χ3v) is 3.58. The normalized spacial score (nSPS) is 11.4. The van der Waals surface area contributed by atoms with Crippen molar-refractivity contribution in [3.8, 4) is 0 Å². The Kier molecular flexibility index (Phi) is 5.01. The van der Waals surface area contributed by atoms with E-state index in [9.17, 15) is 9.18 Å². The first-order valence-electron chi connectivity index (χ1n) is 5.27. The van der Waals surface area contributed by atoms with E-state index >= 15 is 0 Å². The zero-order valence-electron chi connectivity index (χ0n) is 10.4. The molecule has 1 amide bonds. The van der Waals surface area contributed by atoms with Crippen molar-refractivity contribution in [2.45, 2.75) is 24.3 Å². The van der Waals surface area contributed by atoms with Gasteiger partial charge in [0.2, 0.25) is 0 Å². The molecule has 2 N–H and O–H groups in total. The number of rotatable bonds is 4. The molecule has 0 saturated carbocycles. The Balaban J connectivity index is 3.08. The topological polar surface area (TPSA) is 49.3 Å². The largest absolute Gasteiger partial charge is 0.394 e. The van der Waals surface area contributed by atoms with Gasteiger partial charge in [-0.25, -0.2) is 4.39 Å². The van der Waals surface area contributed by atoms with Gasteiger partial charge in [0.15, 0.2) is 5.82 Å². The van der Waals surface area contributed by atoms with Crippen molar-refractivity contribution in [2.75, 3.05) is 12.9 Å². The second-order valence-electron chi connectivity index (χ2n) is 4.44. The average Bonchev–Trinajstić information content (AvgIpc) is 2.29. The zero-order chi connectivity index (χ0) is 13.9. The molecule has 0 aromatic heterocycles. The standard InChI is InChI=1S/C12H15ClFNO2S/c1-12(2,6-16)15-11(17)7-4-5-8(13)10(18-3)9(7)14/h4-5,16H,6H2,1-3H3,(H,15,17). The Morgan fingerprint density at radius 2 is 2.17 bits per heavy atom. The van der Waals surface area contributed by atoms with Crippen molar-refractivity contribution >= 4 is 29.3 Å². The number of halogens is 2. The van der Waals surface area contributed by atoms with Crippen LogP contribution in [-0.2, 0) is 0 Å². The number of carbonyl (C=O) groups is 1. The van der Waals surface area contributed by atoms with Gasteiger partial charge in [0, 0.05) is 0 Å². The summed E-state index contributed by atoms with van der Waals surface area (Å²) in [5, 5.41) is 11.9. The first kappa shape index (κ1) is 15.3. The lowest BCUT2D eigenvalue weighted by atomic mass is 10.1. The number of hydrogen-bond acceptors (Lipinski definition) is 3. The highest BCUT2D eigenvalue weighted by Gasteiger charge is 2.23. The van der Waals surface area contributed by atoms with Crippen LogP contribution in [0.1, 0.15) is 24.2 Å². The number of hydrogen-bond donors (Lipinski definition) is 2. The van der Waals surface area contributed by atoms with E-state index in [0.717, 1.165) is 11.8 Å². The van der Waals surface area contributed by atoms with Crippen molar-refractivity contribution < 1.29 is 14.3 Å². The summed E-state index contributed by atoms with van der Waals surface area (Å²) in [6, 6.07) is 2.82. The van der Waals surface area contributed by atoms with Gasteiger partial charge in [-0.15, -0.1) is 11.8 Å². The summed E-state index contributed by atoms with van der Waals surface area (Å²) in [6.07, 6.45) is 1.68. The lowest BCUT2D eigenvalue weighted by Crippen LogP contribution is -2.46. The third kappa shape index (κ3) is 3.37. The van der Waals surface area contributed by atoms with E-state index < -0.39 is 17.3 Å². The molecule has 0 aliphatic carbocycles. The zero-order valence-corrected chi connectivity index (χ0v) is 12.0. The van der Waals surface area contributed by atoms with Crippen LogP contribution in [0.25, 0.3) is 0 Å². The number of benzene rings is 1. The molecule has 0 spiro atoms. The van der Waals surface area contributed by atoms with Crippen LogP contribution in [0, 0.1) is 5.82 Å². The number of aliphatic hydroxyl groups excluding tert-OH is 1. The third-order valence-electron chi connectivity index (χ3n) is 2.35. The van der Waals surface area contributed by atoms with E-state index in [1.54, 1.807) is 20.1 Å². The van der Waals surface area contributed by atoms with Gasteiger partial charge in [-0.1, -0.05) is 11.6 Å². The maximum atomic E-state index is 14.0. The van der Waals surface area contributed by atoms with Gasteiger partial charge < -0.3 is 10.4 Å². The fourth-order valence-corrected chi connectivity index (χ4v) is 2.24. The molecule has 0 aliphatic rings. The van der Waals surface area contributed by atoms with Crippen LogP contribution in [0.4, 0.5) is 4.39 Å². The predicted octanol–water partition coefficient (Wildman–Crippen LogP) is 2.70. The monoisotopic (exact) mass is 291 g/mol. The minimum absolute atomic E-state index is 0.0784. The number of carbonyl (C=O) groups excluding carboxylic acids is 1. The molecule has 0 radical (unpaired) electrons. The molecule has 0 bridgehead atoms. The van der Waals surface area contributed by atoms with E-state index in [2.05, 4.69) is 5.32 Å². The molecule has 0 aliphatic heterocycles. The molecular weight excluding hydrogens is 277 g/mol. The summed E-state index contributed by atoms with van der Waals surface area (Å²) in [4.78, 5) is 12.1. The minimum Gasteiger partial charge on any atom is -0.394 e. The fraction of sp³-hybridized carbons (Fsp3) is 0.417. The van der Waals surface area contributed by atoms with E-state index in [4.69, 9.17) is 16.7 Å². The molecule has 1 aromatic rings.